The molecular formula is C16H19ClN2O2. The zero-order valence-electron chi connectivity index (χ0n) is 12.1. The average Bonchev–Trinajstić information content (AvgIpc) is 2.86. The normalized spacial score (nSPS) is 17.7. The summed E-state index contributed by atoms with van der Waals surface area (Å²) in [6, 6.07) is 7.46. The standard InChI is InChI=1S/C16H19ClN2O2/c1-2-6-16(20)10-19(11-16)8-14-9-21-15(18-14)12-4-3-5-13(17)7-12/h3-5,7,9,20H,2,6,8,10-11H2,1H3. The second kappa shape index (κ2) is 5.79. The number of hydrogen-bond donors (Lipinski definition) is 1. The Kier molecular flexibility index (Phi) is 4.02. The largest absolute Gasteiger partial charge is 0.444 e. The molecule has 4 nitrogen and oxygen atoms in total. The van der Waals surface area contributed by atoms with Gasteiger partial charge in [-0.25, -0.2) is 4.98 Å². The summed E-state index contributed by atoms with van der Waals surface area (Å²) >= 11 is 5.97. The van der Waals surface area contributed by atoms with Gasteiger partial charge in [-0.2, -0.15) is 0 Å². The van der Waals surface area contributed by atoms with Crippen LogP contribution >= 0.6 is 11.6 Å². The molecule has 1 saturated heterocycles. The Bertz CT molecular complexity index is 620. The SMILES string of the molecule is CCCC1(O)CN(Cc2coc(-c3cccc(Cl)c3)n2)C1. The number of benzene rings is 1. The fourth-order valence-corrected chi connectivity index (χ4v) is 3.07. The van der Waals surface area contributed by atoms with Crippen molar-refractivity contribution in [3.05, 3.63) is 41.2 Å². The van der Waals surface area contributed by atoms with Gasteiger partial charge in [0.1, 0.15) is 6.26 Å². The van der Waals surface area contributed by atoms with Crippen LogP contribution in [-0.4, -0.2) is 33.7 Å². The zero-order valence-corrected chi connectivity index (χ0v) is 12.8. The van der Waals surface area contributed by atoms with Gasteiger partial charge in [0.15, 0.2) is 0 Å². The number of aromatic nitrogens is 1. The van der Waals surface area contributed by atoms with Crippen molar-refractivity contribution in [2.24, 2.45) is 0 Å². The van der Waals surface area contributed by atoms with Crippen LogP contribution in [0, 0.1) is 0 Å². The summed E-state index contributed by atoms with van der Waals surface area (Å²) in [7, 11) is 0. The van der Waals surface area contributed by atoms with Gasteiger partial charge in [0, 0.05) is 30.2 Å². The van der Waals surface area contributed by atoms with Gasteiger partial charge >= 0.3 is 0 Å². The van der Waals surface area contributed by atoms with E-state index in [1.54, 1.807) is 6.26 Å². The molecule has 0 spiro atoms. The van der Waals surface area contributed by atoms with Gasteiger partial charge in [-0.3, -0.25) is 4.90 Å². The van der Waals surface area contributed by atoms with Crippen molar-refractivity contribution >= 4 is 11.6 Å². The molecule has 2 aromatic rings. The molecule has 5 heteroatoms. The third-order valence-corrected chi connectivity index (χ3v) is 4.00. The van der Waals surface area contributed by atoms with E-state index in [9.17, 15) is 5.11 Å². The predicted molar refractivity (Wildman–Crippen MR) is 82.1 cm³/mol. The summed E-state index contributed by atoms with van der Waals surface area (Å²) in [6.07, 6.45) is 3.54. The molecule has 1 fully saturated rings. The summed E-state index contributed by atoms with van der Waals surface area (Å²) in [5.74, 6) is 0.580. The molecule has 0 saturated carbocycles. The number of oxazole rings is 1. The van der Waals surface area contributed by atoms with E-state index in [1.807, 2.05) is 24.3 Å². The molecule has 0 aliphatic carbocycles. The molecule has 0 bridgehead atoms. The lowest BCUT2D eigenvalue weighted by atomic mass is 9.89. The first-order chi connectivity index (χ1) is 10.1. The lowest BCUT2D eigenvalue weighted by Gasteiger charge is -2.46. The highest BCUT2D eigenvalue weighted by Crippen LogP contribution is 2.28. The average molecular weight is 307 g/mol. The van der Waals surface area contributed by atoms with E-state index < -0.39 is 5.60 Å². The molecule has 3 rings (SSSR count). The van der Waals surface area contributed by atoms with Crippen molar-refractivity contribution in [2.45, 2.75) is 31.9 Å². The molecule has 1 aromatic carbocycles. The number of β-amino-alcohol motifs (C(OH)–C–C–N with tert-alkyl or cyclic N) is 1. The number of nitrogens with zero attached hydrogens (tertiary/aromatic N) is 2. The van der Waals surface area contributed by atoms with E-state index in [0.717, 1.165) is 24.1 Å². The van der Waals surface area contributed by atoms with E-state index in [4.69, 9.17) is 16.0 Å². The third-order valence-electron chi connectivity index (χ3n) is 3.76. The van der Waals surface area contributed by atoms with Crippen molar-refractivity contribution in [1.29, 1.82) is 0 Å². The van der Waals surface area contributed by atoms with Gasteiger partial charge in [0.2, 0.25) is 5.89 Å². The maximum atomic E-state index is 10.2. The second-order valence-corrected chi connectivity index (χ2v) is 6.21. The Hall–Kier alpha value is -1.36. The fourth-order valence-electron chi connectivity index (χ4n) is 2.88. The highest BCUT2D eigenvalue weighted by Gasteiger charge is 2.40. The van der Waals surface area contributed by atoms with Gasteiger partial charge in [-0.15, -0.1) is 0 Å². The predicted octanol–water partition coefficient (Wildman–Crippen LogP) is 3.34. The Morgan fingerprint density at radius 3 is 2.95 bits per heavy atom. The van der Waals surface area contributed by atoms with Gasteiger partial charge < -0.3 is 9.52 Å². The van der Waals surface area contributed by atoms with Crippen LogP contribution in [0.5, 0.6) is 0 Å². The van der Waals surface area contributed by atoms with Crippen LogP contribution in [0.25, 0.3) is 11.5 Å². The van der Waals surface area contributed by atoms with Crippen LogP contribution < -0.4 is 0 Å². The minimum absolute atomic E-state index is 0.506. The van der Waals surface area contributed by atoms with Gasteiger partial charge in [-0.05, 0) is 24.6 Å². The molecule has 1 aromatic heterocycles. The Morgan fingerprint density at radius 1 is 1.43 bits per heavy atom. The van der Waals surface area contributed by atoms with Crippen LogP contribution in [0.2, 0.25) is 5.02 Å². The first kappa shape index (κ1) is 14.6. The summed E-state index contributed by atoms with van der Waals surface area (Å²) < 4.78 is 5.52. The van der Waals surface area contributed by atoms with E-state index in [0.29, 0.717) is 30.5 Å². The fraction of sp³-hybridized carbons (Fsp3) is 0.438. The molecule has 0 atom stereocenters. The van der Waals surface area contributed by atoms with Crippen LogP contribution in [0.15, 0.2) is 34.9 Å². The van der Waals surface area contributed by atoms with E-state index in [1.165, 1.54) is 0 Å². The molecule has 0 amide bonds. The van der Waals surface area contributed by atoms with E-state index in [2.05, 4.69) is 16.8 Å². The second-order valence-electron chi connectivity index (χ2n) is 5.77. The summed E-state index contributed by atoms with van der Waals surface area (Å²) in [6.45, 7) is 4.21. The Morgan fingerprint density at radius 2 is 2.24 bits per heavy atom. The van der Waals surface area contributed by atoms with Gasteiger partial charge in [0.25, 0.3) is 0 Å². The van der Waals surface area contributed by atoms with Crippen molar-refractivity contribution in [1.82, 2.24) is 9.88 Å². The molecule has 0 radical (unpaired) electrons. The monoisotopic (exact) mass is 306 g/mol. The van der Waals surface area contributed by atoms with E-state index in [-0.39, 0.29) is 0 Å². The minimum atomic E-state index is -0.506. The summed E-state index contributed by atoms with van der Waals surface area (Å²) in [5.41, 5.74) is 1.25. The molecule has 0 unspecified atom stereocenters. The van der Waals surface area contributed by atoms with Gasteiger partial charge in [-0.1, -0.05) is 31.0 Å². The highest BCUT2D eigenvalue weighted by atomic mass is 35.5. The van der Waals surface area contributed by atoms with Crippen molar-refractivity contribution in [3.63, 3.8) is 0 Å². The lowest BCUT2D eigenvalue weighted by Crippen LogP contribution is -2.60. The first-order valence-electron chi connectivity index (χ1n) is 7.23. The minimum Gasteiger partial charge on any atom is -0.444 e. The topological polar surface area (TPSA) is 49.5 Å². The van der Waals surface area contributed by atoms with Crippen LogP contribution in [0.1, 0.15) is 25.5 Å². The Labute approximate surface area is 129 Å². The van der Waals surface area contributed by atoms with E-state index >= 15 is 0 Å². The van der Waals surface area contributed by atoms with Crippen LogP contribution in [0.4, 0.5) is 0 Å². The van der Waals surface area contributed by atoms with Gasteiger partial charge in [0.05, 0.1) is 11.3 Å². The quantitative estimate of drug-likeness (QED) is 0.920. The molecule has 112 valence electrons. The smallest absolute Gasteiger partial charge is 0.226 e. The molecule has 1 N–H and O–H groups in total. The molecule has 2 heterocycles. The number of likely N-dealkylation sites (tertiary alicyclic amines) is 1. The third kappa shape index (κ3) is 3.28. The van der Waals surface area contributed by atoms with Crippen LogP contribution in [0.3, 0.4) is 0 Å². The van der Waals surface area contributed by atoms with Crippen molar-refractivity contribution < 1.29 is 9.52 Å². The number of aliphatic hydroxyl groups is 1. The molecule has 1 aliphatic rings. The lowest BCUT2D eigenvalue weighted by molar-refractivity contribution is -0.107. The van der Waals surface area contributed by atoms with Crippen molar-refractivity contribution in [2.75, 3.05) is 13.1 Å². The van der Waals surface area contributed by atoms with Crippen molar-refractivity contribution in [3.8, 4) is 11.5 Å². The number of hydrogen-bond acceptors (Lipinski definition) is 4. The van der Waals surface area contributed by atoms with Crippen LogP contribution in [-0.2, 0) is 6.54 Å². The highest BCUT2D eigenvalue weighted by molar-refractivity contribution is 6.30. The first-order valence-corrected chi connectivity index (χ1v) is 7.61. The summed E-state index contributed by atoms with van der Waals surface area (Å²) in [4.78, 5) is 6.66. The molecule has 1 aliphatic heterocycles. The number of rotatable bonds is 5. The summed E-state index contributed by atoms with van der Waals surface area (Å²) in [5, 5.41) is 10.8. The zero-order chi connectivity index (χ0) is 14.9. The Balaban J connectivity index is 1.62. The maximum absolute atomic E-state index is 10.2. The molecule has 21 heavy (non-hydrogen) atoms. The number of halogens is 1. The molecular weight excluding hydrogens is 288 g/mol. The maximum Gasteiger partial charge on any atom is 0.226 e.